The minimum atomic E-state index is -0.418. The fraction of sp³-hybridized carbons (Fsp3) is 0.300. The van der Waals surface area contributed by atoms with Crippen LogP contribution in [0, 0.1) is 26.9 Å². The molecule has 0 heterocycles. The van der Waals surface area contributed by atoms with Crippen LogP contribution in [-0.2, 0) is 35.8 Å². The van der Waals surface area contributed by atoms with Crippen LogP contribution in [0.1, 0.15) is 30.4 Å². The molecule has 156 valence electrons. The second-order valence-electron chi connectivity index (χ2n) is 5.10. The van der Waals surface area contributed by atoms with Crippen LogP contribution in [0.2, 0.25) is 0 Å². The molecule has 2 N–H and O–H groups in total. The Morgan fingerprint density at radius 3 is 1.93 bits per heavy atom. The second-order valence-corrected chi connectivity index (χ2v) is 5.10. The van der Waals surface area contributed by atoms with Gasteiger partial charge < -0.3 is 19.9 Å². The van der Waals surface area contributed by atoms with Gasteiger partial charge >= 0.3 is 39.9 Å². The fourth-order valence-electron chi connectivity index (χ4n) is 2.76. The monoisotopic (exact) mass is 443 g/mol. The van der Waals surface area contributed by atoms with E-state index in [0.29, 0.717) is 28.5 Å². The van der Waals surface area contributed by atoms with Crippen molar-refractivity contribution >= 4 is 11.7 Å². The number of carbonyl (C=O) groups is 1. The number of hydrogen-bond donors (Lipinski definition) is 1. The molecule has 0 bridgehead atoms. The summed E-state index contributed by atoms with van der Waals surface area (Å²) in [5, 5.41) is 0. The van der Waals surface area contributed by atoms with Crippen LogP contribution < -0.4 is 19.9 Å². The number of nitrogens with two attached hydrogens (primary N) is 1. The van der Waals surface area contributed by atoms with E-state index in [1.807, 2.05) is 31.2 Å². The first-order valence-corrected chi connectivity index (χ1v) is 7.68. The molecule has 0 amide bonds. The summed E-state index contributed by atoms with van der Waals surface area (Å²) in [7, 11) is 3.09. The molecule has 1 aromatic carbocycles. The van der Waals surface area contributed by atoms with Gasteiger partial charge in [-0.3, -0.25) is 4.79 Å². The molecule has 0 aliphatic heterocycles. The molecule has 0 radical (unpaired) electrons. The molecular formula is C20H21FeNO7. The molecule has 0 fully saturated rings. The maximum absolute atomic E-state index is 11.5. The third-order valence-electron chi connectivity index (χ3n) is 3.67. The van der Waals surface area contributed by atoms with Crippen LogP contribution in [-0.4, -0.2) is 20.2 Å². The van der Waals surface area contributed by atoms with E-state index in [0.717, 1.165) is 12.0 Å². The summed E-state index contributed by atoms with van der Waals surface area (Å²) in [4.78, 5) is 11.5. The Bertz CT molecular complexity index is 765. The normalized spacial score (nSPS) is 12.7. The van der Waals surface area contributed by atoms with E-state index in [-0.39, 0.29) is 23.0 Å². The van der Waals surface area contributed by atoms with E-state index in [4.69, 9.17) is 33.9 Å². The van der Waals surface area contributed by atoms with Crippen LogP contribution >= 0.6 is 0 Å². The number of ether oxygens (including phenoxy) is 3. The first-order valence-electron chi connectivity index (χ1n) is 7.68. The van der Waals surface area contributed by atoms with Crippen molar-refractivity contribution < 1.29 is 50.0 Å². The summed E-state index contributed by atoms with van der Waals surface area (Å²) < 4.78 is 38.8. The number of benzene rings is 1. The van der Waals surface area contributed by atoms with Crippen LogP contribution in [0.4, 0.5) is 5.69 Å². The number of esters is 1. The first-order chi connectivity index (χ1) is 13.5. The van der Waals surface area contributed by atoms with E-state index in [1.165, 1.54) is 14.0 Å². The van der Waals surface area contributed by atoms with Gasteiger partial charge in [0.05, 0.1) is 19.9 Å². The standard InChI is InChI=1S/C17H21NO4.3CO.Fe/c1-10-15(20-3)14(18)13(12-8-6-5-7-9-12)17(16(10)21-4)22-11(2)19;3*1-2;/h5-8,12H,9,18H2,1-4H3;;;;. The zero-order valence-corrected chi connectivity index (χ0v) is 17.5. The number of methoxy groups -OCH3 is 2. The van der Waals surface area contributed by atoms with Crippen molar-refractivity contribution in [2.75, 3.05) is 20.0 Å². The predicted octanol–water partition coefficient (Wildman–Crippen LogP) is 3.00. The zero-order valence-electron chi connectivity index (χ0n) is 16.4. The fourth-order valence-corrected chi connectivity index (χ4v) is 2.76. The number of rotatable bonds is 4. The minimum absolute atomic E-state index is 0. The van der Waals surface area contributed by atoms with Gasteiger partial charge in [-0.05, 0) is 13.3 Å². The van der Waals surface area contributed by atoms with Gasteiger partial charge in [-0.2, -0.15) is 0 Å². The van der Waals surface area contributed by atoms with Gasteiger partial charge in [0.2, 0.25) is 0 Å². The van der Waals surface area contributed by atoms with Gasteiger partial charge in [0.1, 0.15) is 5.75 Å². The van der Waals surface area contributed by atoms with E-state index in [1.54, 1.807) is 7.11 Å². The second kappa shape index (κ2) is 17.4. The maximum atomic E-state index is 11.5. The van der Waals surface area contributed by atoms with Crippen molar-refractivity contribution in [3.8, 4) is 17.2 Å². The number of nitrogen functional groups attached to an aromatic ring is 1. The molecule has 1 aliphatic rings. The number of anilines is 1. The number of carbonyl (C=O) groups excluding carboxylic acids is 1. The Morgan fingerprint density at radius 2 is 1.55 bits per heavy atom. The molecule has 2 rings (SSSR count). The van der Waals surface area contributed by atoms with Crippen molar-refractivity contribution in [1.29, 1.82) is 0 Å². The molecule has 1 aliphatic carbocycles. The van der Waals surface area contributed by atoms with Gasteiger partial charge in [-0.25, -0.2) is 0 Å². The molecule has 0 saturated carbocycles. The molecule has 0 aromatic heterocycles. The SMILES string of the molecule is COc1c(C)c(OC)c(OC(C)=O)c(C2C=CC=CC2)c1N.[C-]#[O+].[C-]#[O+].[C-]#[O+].[Fe]. The van der Waals surface area contributed by atoms with Gasteiger partial charge in [0, 0.05) is 41.0 Å². The van der Waals surface area contributed by atoms with Crippen molar-refractivity contribution in [1.82, 2.24) is 0 Å². The Morgan fingerprint density at radius 1 is 1.03 bits per heavy atom. The summed E-state index contributed by atoms with van der Waals surface area (Å²) in [5.74, 6) is 0.974. The third-order valence-corrected chi connectivity index (χ3v) is 3.67. The topological polar surface area (TPSA) is 130 Å². The summed E-state index contributed by atoms with van der Waals surface area (Å²) >= 11 is 0. The molecule has 9 heteroatoms. The van der Waals surface area contributed by atoms with E-state index < -0.39 is 5.97 Å². The summed E-state index contributed by atoms with van der Waals surface area (Å²) in [6.45, 7) is 16.7. The molecule has 1 unspecified atom stereocenters. The van der Waals surface area contributed by atoms with E-state index in [2.05, 4.69) is 20.0 Å². The van der Waals surface area contributed by atoms with Crippen molar-refractivity contribution in [2.45, 2.75) is 26.2 Å². The third kappa shape index (κ3) is 8.06. The summed E-state index contributed by atoms with van der Waals surface area (Å²) in [6, 6.07) is 0. The summed E-state index contributed by atoms with van der Waals surface area (Å²) in [6.07, 6.45) is 8.75. The molecule has 0 spiro atoms. The predicted molar refractivity (Wildman–Crippen MR) is 97.4 cm³/mol. The van der Waals surface area contributed by atoms with Crippen LogP contribution in [0.5, 0.6) is 17.2 Å². The number of allylic oxidation sites excluding steroid dienone is 4. The minimum Gasteiger partial charge on any atom is 0 e. The smallest absolute Gasteiger partial charge is 0 e. The molecule has 1 aromatic rings. The first kappa shape index (κ1) is 31.0. The molecule has 29 heavy (non-hydrogen) atoms. The van der Waals surface area contributed by atoms with Crippen molar-refractivity contribution in [3.63, 3.8) is 0 Å². The van der Waals surface area contributed by atoms with Gasteiger partial charge in [0.15, 0.2) is 11.5 Å². The van der Waals surface area contributed by atoms with Crippen LogP contribution in [0.25, 0.3) is 0 Å². The molecule has 0 saturated heterocycles. The van der Waals surface area contributed by atoms with Gasteiger partial charge in [-0.1, -0.05) is 24.3 Å². The van der Waals surface area contributed by atoms with E-state index in [9.17, 15) is 4.79 Å². The van der Waals surface area contributed by atoms with Crippen molar-refractivity contribution in [3.05, 3.63) is 55.4 Å². The van der Waals surface area contributed by atoms with Crippen LogP contribution in [0.15, 0.2) is 24.3 Å². The molecular weight excluding hydrogens is 422 g/mol. The Balaban J connectivity index is -0.000000883. The maximum Gasteiger partial charge on any atom is 0 e. The average Bonchev–Trinajstić information content (AvgIpc) is 2.73. The Hall–Kier alpha value is -2.69. The molecule has 1 atom stereocenters. The Kier molecular flexibility index (Phi) is 18.6. The quantitative estimate of drug-likeness (QED) is 0.191. The average molecular weight is 443 g/mol. The molecule has 8 nitrogen and oxygen atoms in total. The summed E-state index contributed by atoms with van der Waals surface area (Å²) in [5.41, 5.74) is 8.19. The zero-order chi connectivity index (χ0) is 22.3. The Labute approximate surface area is 180 Å². The largest absolute Gasteiger partial charge is 0 e. The van der Waals surface area contributed by atoms with Crippen molar-refractivity contribution in [2.24, 2.45) is 0 Å². The van der Waals surface area contributed by atoms with E-state index >= 15 is 0 Å². The van der Waals surface area contributed by atoms with Gasteiger partial charge in [-0.15, -0.1) is 0 Å². The van der Waals surface area contributed by atoms with Gasteiger partial charge in [0.25, 0.3) is 0 Å². The van der Waals surface area contributed by atoms with Crippen LogP contribution in [0.3, 0.4) is 0 Å². The number of hydrogen-bond acceptors (Lipinski definition) is 5.